The van der Waals surface area contributed by atoms with E-state index in [9.17, 15) is 18.6 Å². The van der Waals surface area contributed by atoms with Gasteiger partial charge in [0.05, 0.1) is 10.5 Å². The van der Waals surface area contributed by atoms with E-state index in [4.69, 9.17) is 9.88 Å². The molecule has 3 atom stereocenters. The first-order valence-electron chi connectivity index (χ1n) is 6.48. The molecule has 0 spiro atoms. The molecular weight excluding hydrogens is 378 g/mol. The Kier molecular flexibility index (Phi) is 4.74. The molecule has 0 aromatic heterocycles. The maximum atomic E-state index is 14.6. The van der Waals surface area contributed by atoms with Crippen LogP contribution in [0.25, 0.3) is 0 Å². The average Bonchev–Trinajstić information content (AvgIpc) is 2.45. The Morgan fingerprint density at radius 1 is 1.64 bits per heavy atom. The molecule has 0 bridgehead atoms. The highest BCUT2D eigenvalue weighted by Crippen LogP contribution is 2.48. The first kappa shape index (κ1) is 17.5. The molecule has 0 amide bonds. The van der Waals surface area contributed by atoms with Crippen LogP contribution in [-0.2, 0) is 16.8 Å². The van der Waals surface area contributed by atoms with E-state index in [1.165, 1.54) is 12.1 Å². The normalized spacial score (nSPS) is 25.8. The van der Waals surface area contributed by atoms with Gasteiger partial charge in [-0.1, -0.05) is 6.07 Å². The number of rotatable bonds is 3. The zero-order valence-electron chi connectivity index (χ0n) is 12.0. The van der Waals surface area contributed by atoms with Crippen molar-refractivity contribution in [2.45, 2.75) is 36.6 Å². The first-order valence-corrected chi connectivity index (χ1v) is 8.49. The van der Waals surface area contributed by atoms with Crippen LogP contribution in [0, 0.1) is 17.1 Å². The first-order chi connectivity index (χ1) is 10.2. The Balaban J connectivity index is 2.62. The van der Waals surface area contributed by atoms with Gasteiger partial charge in [0.15, 0.2) is 17.7 Å². The summed E-state index contributed by atoms with van der Waals surface area (Å²) in [5, 5.41) is 15.1. The Morgan fingerprint density at radius 2 is 2.27 bits per heavy atom. The minimum absolute atomic E-state index is 0.113. The van der Waals surface area contributed by atoms with E-state index in [1.807, 2.05) is 6.07 Å². The predicted octanol–water partition coefficient (Wildman–Crippen LogP) is 2.87. The largest absolute Gasteiger partial charge is 0.598 e. The number of nitrogens with two attached hydrogens (primary N) is 1. The summed E-state index contributed by atoms with van der Waals surface area (Å²) in [6, 6.07) is 4.80. The van der Waals surface area contributed by atoms with Crippen LogP contribution in [-0.4, -0.2) is 22.1 Å². The molecule has 2 rings (SSSR count). The van der Waals surface area contributed by atoms with E-state index < -0.39 is 40.1 Å². The van der Waals surface area contributed by atoms with E-state index in [2.05, 4.69) is 15.9 Å². The van der Waals surface area contributed by atoms with E-state index in [0.29, 0.717) is 0 Å². The van der Waals surface area contributed by atoms with Crippen molar-refractivity contribution in [2.75, 3.05) is 6.61 Å². The Labute approximate surface area is 139 Å². The summed E-state index contributed by atoms with van der Waals surface area (Å²) < 4.78 is 44.8. The van der Waals surface area contributed by atoms with E-state index in [1.54, 1.807) is 13.8 Å². The van der Waals surface area contributed by atoms with Crippen molar-refractivity contribution in [3.8, 4) is 11.8 Å². The summed E-state index contributed by atoms with van der Waals surface area (Å²) in [7, 11) is 0. The minimum Gasteiger partial charge on any atom is -0.598 e. The fraction of sp³-hybridized carbons (Fsp3) is 0.500. The molecule has 0 fully saturated rings. The van der Waals surface area contributed by atoms with Gasteiger partial charge in [-0.25, -0.2) is 8.78 Å². The van der Waals surface area contributed by atoms with Gasteiger partial charge in [0, 0.05) is 23.3 Å². The summed E-state index contributed by atoms with van der Waals surface area (Å²) in [6.45, 7) is 2.72. The number of alkyl halides is 1. The van der Waals surface area contributed by atoms with E-state index in [-0.39, 0.29) is 22.2 Å². The van der Waals surface area contributed by atoms with Gasteiger partial charge < -0.3 is 9.29 Å². The molecule has 1 aliphatic heterocycles. The zero-order chi connectivity index (χ0) is 16.7. The highest BCUT2D eigenvalue weighted by Gasteiger charge is 2.53. The topological polar surface area (TPSA) is 82.1 Å². The molecular formula is C14H15BrF2N2O2S. The van der Waals surface area contributed by atoms with Crippen molar-refractivity contribution in [1.29, 1.82) is 5.26 Å². The number of hydrogen-bond donors (Lipinski definition) is 1. The molecule has 22 heavy (non-hydrogen) atoms. The van der Waals surface area contributed by atoms with Gasteiger partial charge in [-0.05, 0) is 35.8 Å². The van der Waals surface area contributed by atoms with Gasteiger partial charge in [-0.3, -0.25) is 0 Å². The van der Waals surface area contributed by atoms with Crippen LogP contribution in [0.3, 0.4) is 0 Å². The molecule has 0 saturated carbocycles. The lowest BCUT2D eigenvalue weighted by atomic mass is 9.70. The van der Waals surface area contributed by atoms with Gasteiger partial charge >= 0.3 is 0 Å². The number of nitriles is 1. The SMILES string of the molecule is CC(C)(C[C@]1(C#N)c2ccc(Br)c(F)c2OC[C@H]1F)[S@@+](N)[O-]. The van der Waals surface area contributed by atoms with Crippen molar-refractivity contribution < 1.29 is 18.1 Å². The number of nitrogens with zero attached hydrogens (tertiary/aromatic N) is 1. The molecule has 1 aromatic carbocycles. The molecule has 1 aliphatic rings. The van der Waals surface area contributed by atoms with Gasteiger partial charge in [0.25, 0.3) is 0 Å². The van der Waals surface area contributed by atoms with Crippen LogP contribution in [0.5, 0.6) is 5.75 Å². The standard InChI is InChI=1S/C14H15BrF2N2O2S/c1-13(2,22(19)20)6-14(7-18)8-3-4-9(15)11(17)12(8)21-5-10(14)16/h3-4,10H,5-6,19H2,1-2H3/t10-,14+,22+/m1/s1. The smallest absolute Gasteiger partial charge is 0.179 e. The van der Waals surface area contributed by atoms with Gasteiger partial charge in [0.1, 0.15) is 16.8 Å². The molecule has 0 unspecified atom stereocenters. The van der Waals surface area contributed by atoms with Crippen LogP contribution < -0.4 is 9.88 Å². The quantitative estimate of drug-likeness (QED) is 0.801. The van der Waals surface area contributed by atoms with Crippen molar-refractivity contribution in [2.24, 2.45) is 5.14 Å². The lowest BCUT2D eigenvalue weighted by Crippen LogP contribution is -2.51. The lowest BCUT2D eigenvalue weighted by molar-refractivity contribution is 0.100. The molecule has 8 heteroatoms. The summed E-state index contributed by atoms with van der Waals surface area (Å²) in [5.74, 6) is -0.834. The molecule has 1 heterocycles. The summed E-state index contributed by atoms with van der Waals surface area (Å²) in [5.41, 5.74) is -1.54. The second-order valence-electron chi connectivity index (χ2n) is 5.83. The van der Waals surface area contributed by atoms with Crippen molar-refractivity contribution in [3.05, 3.63) is 28.0 Å². The summed E-state index contributed by atoms with van der Waals surface area (Å²) >= 11 is 1.27. The second-order valence-corrected chi connectivity index (χ2v) is 8.39. The van der Waals surface area contributed by atoms with Crippen LogP contribution >= 0.6 is 15.9 Å². The Bertz CT molecular complexity index is 636. The highest BCUT2D eigenvalue weighted by atomic mass is 79.9. The molecule has 0 aliphatic carbocycles. The van der Waals surface area contributed by atoms with Gasteiger partial charge in [0.2, 0.25) is 0 Å². The zero-order valence-corrected chi connectivity index (χ0v) is 14.4. The third-order valence-electron chi connectivity index (χ3n) is 3.89. The van der Waals surface area contributed by atoms with Gasteiger partial charge in [-0.2, -0.15) is 10.4 Å². The Morgan fingerprint density at radius 3 is 2.82 bits per heavy atom. The molecule has 4 nitrogen and oxygen atoms in total. The van der Waals surface area contributed by atoms with Crippen molar-refractivity contribution >= 4 is 27.3 Å². The predicted molar refractivity (Wildman–Crippen MR) is 82.8 cm³/mol. The lowest BCUT2D eigenvalue weighted by Gasteiger charge is -2.40. The van der Waals surface area contributed by atoms with Crippen molar-refractivity contribution in [1.82, 2.24) is 0 Å². The minimum atomic E-state index is -1.77. The van der Waals surface area contributed by atoms with Crippen molar-refractivity contribution in [3.63, 3.8) is 0 Å². The second kappa shape index (κ2) is 5.96. The highest BCUT2D eigenvalue weighted by molar-refractivity contribution is 9.10. The number of halogens is 3. The molecule has 0 radical (unpaired) electrons. The maximum Gasteiger partial charge on any atom is 0.179 e. The summed E-state index contributed by atoms with van der Waals surface area (Å²) in [6.07, 6.45) is -1.79. The molecule has 2 N–H and O–H groups in total. The number of ether oxygens (including phenoxy) is 1. The fourth-order valence-corrected chi connectivity index (χ4v) is 3.29. The molecule has 120 valence electrons. The number of fused-ring (bicyclic) bond motifs is 1. The fourth-order valence-electron chi connectivity index (χ4n) is 2.61. The van der Waals surface area contributed by atoms with Crippen LogP contribution in [0.4, 0.5) is 8.78 Å². The van der Waals surface area contributed by atoms with Crippen LogP contribution in [0.1, 0.15) is 25.8 Å². The molecule has 1 aromatic rings. The average molecular weight is 393 g/mol. The van der Waals surface area contributed by atoms with Gasteiger partial charge in [-0.15, -0.1) is 0 Å². The van der Waals surface area contributed by atoms with E-state index in [0.717, 1.165) is 0 Å². The van der Waals surface area contributed by atoms with Crippen LogP contribution in [0.2, 0.25) is 0 Å². The summed E-state index contributed by atoms with van der Waals surface area (Å²) in [4.78, 5) is 0. The number of benzene rings is 1. The maximum absolute atomic E-state index is 14.6. The third-order valence-corrected chi connectivity index (χ3v) is 5.73. The number of hydrogen-bond acceptors (Lipinski definition) is 4. The van der Waals surface area contributed by atoms with Crippen LogP contribution in [0.15, 0.2) is 16.6 Å². The monoisotopic (exact) mass is 392 g/mol. The molecule has 0 saturated heterocycles. The Hall–Kier alpha value is -0.880. The van der Waals surface area contributed by atoms with E-state index >= 15 is 0 Å². The third kappa shape index (κ3) is 2.71.